The number of benzene rings is 4. The highest BCUT2D eigenvalue weighted by molar-refractivity contribution is 8.27. The molecule has 0 saturated carbocycles. The largest absolute Gasteiger partial charge is 0.508 e. The molecule has 40 heavy (non-hydrogen) atoms. The van der Waals surface area contributed by atoms with Crippen LogP contribution >= 0.6 is 24.0 Å². The summed E-state index contributed by atoms with van der Waals surface area (Å²) in [5, 5.41) is 19.6. The number of fused-ring (bicyclic) bond motifs is 1. The van der Waals surface area contributed by atoms with Crippen molar-refractivity contribution in [1.29, 1.82) is 0 Å². The number of anilines is 1. The van der Waals surface area contributed by atoms with E-state index in [-0.39, 0.29) is 17.7 Å². The van der Waals surface area contributed by atoms with Crippen molar-refractivity contribution < 1.29 is 19.4 Å². The molecule has 2 aliphatic heterocycles. The number of phenolic OH excluding ortho intramolecular Hbond substituents is 1. The first kappa shape index (κ1) is 25.8. The van der Waals surface area contributed by atoms with Gasteiger partial charge in [-0.05, 0) is 52.7 Å². The van der Waals surface area contributed by atoms with Crippen LogP contribution in [0.25, 0.3) is 10.8 Å². The minimum atomic E-state index is -0.422. The molecule has 2 aliphatic rings. The lowest BCUT2D eigenvalue weighted by molar-refractivity contribution is -0.131. The highest BCUT2D eigenvalue weighted by atomic mass is 32.2. The maximum absolute atomic E-state index is 13.5. The summed E-state index contributed by atoms with van der Waals surface area (Å²) in [6, 6.07) is 27.8. The van der Waals surface area contributed by atoms with E-state index in [2.05, 4.69) is 24.3 Å². The van der Waals surface area contributed by atoms with Crippen molar-refractivity contribution >= 4 is 62.3 Å². The fourth-order valence-electron chi connectivity index (χ4n) is 4.84. The van der Waals surface area contributed by atoms with E-state index in [0.717, 1.165) is 27.6 Å². The number of para-hydroxylation sites is 1. The molecule has 1 amide bonds. The summed E-state index contributed by atoms with van der Waals surface area (Å²) in [6.45, 7) is 1.33. The Morgan fingerprint density at radius 3 is 2.50 bits per heavy atom. The van der Waals surface area contributed by atoms with Gasteiger partial charge >= 0.3 is 5.97 Å². The van der Waals surface area contributed by atoms with Gasteiger partial charge < -0.3 is 9.84 Å². The van der Waals surface area contributed by atoms with E-state index in [1.807, 2.05) is 30.3 Å². The van der Waals surface area contributed by atoms with Gasteiger partial charge in [-0.25, -0.2) is 0 Å². The minimum Gasteiger partial charge on any atom is -0.508 e. The molecule has 198 valence electrons. The average molecular weight is 566 g/mol. The summed E-state index contributed by atoms with van der Waals surface area (Å²) in [6.07, 6.45) is 2.25. The van der Waals surface area contributed by atoms with Gasteiger partial charge in [0.15, 0.2) is 4.32 Å². The van der Waals surface area contributed by atoms with Crippen LogP contribution < -0.4 is 9.64 Å². The Kier molecular flexibility index (Phi) is 6.83. The zero-order valence-electron chi connectivity index (χ0n) is 21.4. The second-order valence-electron chi connectivity index (χ2n) is 9.36. The number of hydrazone groups is 1. The summed E-state index contributed by atoms with van der Waals surface area (Å²) >= 11 is 6.74. The number of amides is 1. The van der Waals surface area contributed by atoms with Crippen molar-refractivity contribution in [3.05, 3.63) is 113 Å². The highest BCUT2D eigenvalue weighted by Gasteiger charge is 2.36. The molecule has 0 spiro atoms. The van der Waals surface area contributed by atoms with Crippen LogP contribution in [0.15, 0.2) is 107 Å². The fourth-order valence-corrected chi connectivity index (χ4v) is 6.11. The summed E-state index contributed by atoms with van der Waals surface area (Å²) < 4.78 is 5.48. The van der Waals surface area contributed by atoms with Crippen molar-refractivity contribution in [2.75, 3.05) is 4.90 Å². The van der Waals surface area contributed by atoms with Crippen molar-refractivity contribution in [3.8, 4) is 11.5 Å². The molecule has 2 heterocycles. The maximum atomic E-state index is 13.5. The van der Waals surface area contributed by atoms with Gasteiger partial charge in [-0.1, -0.05) is 78.6 Å². The molecule has 1 saturated heterocycles. The second-order valence-corrected chi connectivity index (χ2v) is 11.0. The molecular weight excluding hydrogens is 542 g/mol. The Hall–Kier alpha value is -4.47. The molecule has 4 aromatic carbocycles. The molecule has 9 heteroatoms. The normalized spacial score (nSPS) is 18.1. The molecule has 0 aromatic heterocycles. The van der Waals surface area contributed by atoms with Crippen LogP contribution in [-0.2, 0) is 9.59 Å². The lowest BCUT2D eigenvalue weighted by Crippen LogP contribution is -2.27. The molecule has 7 nitrogen and oxygen atoms in total. The third-order valence-electron chi connectivity index (χ3n) is 6.72. The topological polar surface area (TPSA) is 82.4 Å². The number of nitrogens with zero attached hydrogens (tertiary/aromatic N) is 3. The SMILES string of the molecule is CC(=O)Oc1ccc(N2C(=O)/C(=C/N3N=C(c4ccc5ccccc5c4)CC3c3ccccc3O)SC2=S)cc1. The zero-order chi connectivity index (χ0) is 27.8. The van der Waals surface area contributed by atoms with Crippen LogP contribution in [0.1, 0.15) is 30.5 Å². The van der Waals surface area contributed by atoms with Crippen molar-refractivity contribution in [2.24, 2.45) is 5.10 Å². The average Bonchev–Trinajstić information content (AvgIpc) is 3.49. The lowest BCUT2D eigenvalue weighted by atomic mass is 9.96. The minimum absolute atomic E-state index is 0.168. The van der Waals surface area contributed by atoms with E-state index < -0.39 is 5.97 Å². The van der Waals surface area contributed by atoms with E-state index in [9.17, 15) is 14.7 Å². The molecule has 6 rings (SSSR count). The molecule has 4 aromatic rings. The predicted octanol–water partition coefficient (Wildman–Crippen LogP) is 6.53. The monoisotopic (exact) mass is 565 g/mol. The van der Waals surface area contributed by atoms with Gasteiger partial charge in [0.2, 0.25) is 0 Å². The van der Waals surface area contributed by atoms with Crippen molar-refractivity contribution in [2.45, 2.75) is 19.4 Å². The number of ether oxygens (including phenoxy) is 1. The number of esters is 1. The molecule has 1 N–H and O–H groups in total. The number of thioether (sulfide) groups is 1. The van der Waals surface area contributed by atoms with Crippen LogP contribution in [0.4, 0.5) is 5.69 Å². The Morgan fingerprint density at radius 1 is 1.02 bits per heavy atom. The predicted molar refractivity (Wildman–Crippen MR) is 161 cm³/mol. The summed E-state index contributed by atoms with van der Waals surface area (Å²) in [5.41, 5.74) is 3.12. The molecule has 1 fully saturated rings. The standard InChI is InChI=1S/C31H23N3O4S2/c1-19(35)38-24-14-12-23(13-15-24)34-30(37)29(40-31(34)39)18-33-27(25-8-4-5-9-28(25)36)17-26(32-33)22-11-10-20-6-2-3-7-21(20)16-22/h2-16,18,27,36H,17H2,1H3/b29-18-. The van der Waals surface area contributed by atoms with Gasteiger partial charge in [-0.2, -0.15) is 5.10 Å². The zero-order valence-corrected chi connectivity index (χ0v) is 23.0. The van der Waals surface area contributed by atoms with Crippen molar-refractivity contribution in [3.63, 3.8) is 0 Å². The second kappa shape index (κ2) is 10.6. The third kappa shape index (κ3) is 4.97. The van der Waals surface area contributed by atoms with Crippen LogP contribution in [-0.4, -0.2) is 32.0 Å². The lowest BCUT2D eigenvalue weighted by Gasteiger charge is -2.21. The van der Waals surface area contributed by atoms with Gasteiger partial charge in [-0.3, -0.25) is 19.5 Å². The number of phenols is 1. The molecular formula is C31H23N3O4S2. The Balaban J connectivity index is 1.34. The van der Waals surface area contributed by atoms with E-state index in [4.69, 9.17) is 22.1 Å². The number of rotatable bonds is 5. The Labute approximate surface area is 240 Å². The van der Waals surface area contributed by atoms with Crippen LogP contribution in [0.2, 0.25) is 0 Å². The fraction of sp³-hybridized carbons (Fsp3) is 0.0968. The summed E-state index contributed by atoms with van der Waals surface area (Å²) in [7, 11) is 0. The van der Waals surface area contributed by atoms with Gasteiger partial charge in [0.05, 0.1) is 22.3 Å². The van der Waals surface area contributed by atoms with E-state index in [1.165, 1.54) is 23.6 Å². The molecule has 1 unspecified atom stereocenters. The van der Waals surface area contributed by atoms with E-state index in [1.54, 1.807) is 47.6 Å². The maximum Gasteiger partial charge on any atom is 0.308 e. The van der Waals surface area contributed by atoms with Gasteiger partial charge in [0.25, 0.3) is 5.91 Å². The summed E-state index contributed by atoms with van der Waals surface area (Å²) in [4.78, 5) is 26.6. The highest BCUT2D eigenvalue weighted by Crippen LogP contribution is 2.41. The van der Waals surface area contributed by atoms with Gasteiger partial charge in [0, 0.05) is 25.1 Å². The number of thiocarbonyl (C=S) groups is 1. The molecule has 1 atom stereocenters. The third-order valence-corrected chi connectivity index (χ3v) is 8.01. The first-order valence-electron chi connectivity index (χ1n) is 12.6. The Bertz CT molecular complexity index is 1730. The first-order valence-corrected chi connectivity index (χ1v) is 13.8. The smallest absolute Gasteiger partial charge is 0.308 e. The van der Waals surface area contributed by atoms with E-state index in [0.29, 0.717) is 27.1 Å². The molecule has 0 bridgehead atoms. The summed E-state index contributed by atoms with van der Waals surface area (Å²) in [5.74, 6) is -0.146. The van der Waals surface area contributed by atoms with Crippen LogP contribution in [0.5, 0.6) is 11.5 Å². The van der Waals surface area contributed by atoms with Crippen LogP contribution in [0.3, 0.4) is 0 Å². The van der Waals surface area contributed by atoms with Gasteiger partial charge in [-0.15, -0.1) is 0 Å². The van der Waals surface area contributed by atoms with Crippen molar-refractivity contribution in [1.82, 2.24) is 5.01 Å². The number of carbonyl (C=O) groups excluding carboxylic acids is 2. The van der Waals surface area contributed by atoms with Crippen LogP contribution in [0, 0.1) is 0 Å². The number of carbonyl (C=O) groups is 2. The Morgan fingerprint density at radius 2 is 1.75 bits per heavy atom. The number of hydrogen-bond acceptors (Lipinski definition) is 8. The number of aromatic hydroxyl groups is 1. The molecule has 0 aliphatic carbocycles. The number of hydrogen-bond donors (Lipinski definition) is 1. The first-order chi connectivity index (χ1) is 19.4. The van der Waals surface area contributed by atoms with Gasteiger partial charge in [0.1, 0.15) is 11.5 Å². The van der Waals surface area contributed by atoms with E-state index >= 15 is 0 Å². The molecule has 0 radical (unpaired) electrons. The quantitative estimate of drug-likeness (QED) is 0.128.